The first-order valence-electron chi connectivity index (χ1n) is 8.28. The fourth-order valence-electron chi connectivity index (χ4n) is 3.64. The van der Waals surface area contributed by atoms with Crippen LogP contribution in [0.5, 0.6) is 0 Å². The van der Waals surface area contributed by atoms with E-state index >= 15 is 0 Å². The highest BCUT2D eigenvalue weighted by molar-refractivity contribution is 5.86. The average molecular weight is 341 g/mol. The Kier molecular flexibility index (Phi) is 3.87. The van der Waals surface area contributed by atoms with Gasteiger partial charge in [0.25, 0.3) is 0 Å². The highest BCUT2D eigenvalue weighted by Crippen LogP contribution is 2.56. The van der Waals surface area contributed by atoms with Gasteiger partial charge in [0.2, 0.25) is 0 Å². The molecule has 3 atom stereocenters. The van der Waals surface area contributed by atoms with Crippen molar-refractivity contribution in [1.82, 2.24) is 25.6 Å². The molecule has 3 unspecified atom stereocenters. The van der Waals surface area contributed by atoms with Crippen LogP contribution in [0, 0.1) is 5.92 Å². The minimum atomic E-state index is -0.530. The van der Waals surface area contributed by atoms with Crippen LogP contribution in [0.15, 0.2) is 30.5 Å². The summed E-state index contributed by atoms with van der Waals surface area (Å²) >= 11 is 0. The van der Waals surface area contributed by atoms with Crippen LogP contribution in [-0.4, -0.2) is 46.7 Å². The van der Waals surface area contributed by atoms with E-state index in [9.17, 15) is 9.59 Å². The van der Waals surface area contributed by atoms with Crippen molar-refractivity contribution in [2.24, 2.45) is 5.92 Å². The number of benzene rings is 1. The van der Waals surface area contributed by atoms with Crippen molar-refractivity contribution >= 4 is 12.0 Å². The number of hydrogen-bond acceptors (Lipinski definition) is 5. The number of amides is 2. The monoisotopic (exact) mass is 341 g/mol. The second kappa shape index (κ2) is 6.19. The lowest BCUT2D eigenvalue weighted by molar-refractivity contribution is 0.0594. The van der Waals surface area contributed by atoms with Gasteiger partial charge in [-0.2, -0.15) is 0 Å². The van der Waals surface area contributed by atoms with Crippen LogP contribution in [0.2, 0.25) is 0 Å². The number of nitrogens with one attached hydrogen (secondary N) is 2. The van der Waals surface area contributed by atoms with Crippen molar-refractivity contribution < 1.29 is 14.3 Å². The minimum Gasteiger partial charge on any atom is -0.464 e. The molecule has 2 aliphatic rings. The molecule has 8 heteroatoms. The van der Waals surface area contributed by atoms with E-state index in [1.54, 1.807) is 0 Å². The Morgan fingerprint density at radius 3 is 3.04 bits per heavy atom. The number of nitrogens with zero attached hydrogens (tertiary/aromatic N) is 3. The Hall–Kier alpha value is -2.90. The Morgan fingerprint density at radius 1 is 1.36 bits per heavy atom. The molecule has 25 heavy (non-hydrogen) atoms. The lowest BCUT2D eigenvalue weighted by Crippen LogP contribution is -2.39. The Labute approximate surface area is 144 Å². The first-order valence-corrected chi connectivity index (χ1v) is 8.28. The number of rotatable bonds is 5. The number of urea groups is 1. The van der Waals surface area contributed by atoms with E-state index in [0.29, 0.717) is 24.9 Å². The summed E-state index contributed by atoms with van der Waals surface area (Å²) in [5.74, 6) is 0.457. The Balaban J connectivity index is 1.22. The third-order valence-corrected chi connectivity index (χ3v) is 4.90. The van der Waals surface area contributed by atoms with Crippen molar-refractivity contribution in [3.05, 3.63) is 47.3 Å². The van der Waals surface area contributed by atoms with Gasteiger partial charge in [0.15, 0.2) is 5.69 Å². The lowest BCUT2D eigenvalue weighted by atomic mass is 10.1. The van der Waals surface area contributed by atoms with Gasteiger partial charge in [-0.1, -0.05) is 29.5 Å². The summed E-state index contributed by atoms with van der Waals surface area (Å²) in [5.41, 5.74) is 2.93. The summed E-state index contributed by atoms with van der Waals surface area (Å²) in [6.45, 7) is 0.826. The second-order valence-corrected chi connectivity index (χ2v) is 6.38. The maximum Gasteiger partial charge on any atom is 0.360 e. The SMILES string of the molecule is COC(=O)c1cn(CCNC(=O)NC2C3Cc4ccccc4C32)nn1. The van der Waals surface area contributed by atoms with E-state index in [1.807, 2.05) is 0 Å². The molecule has 1 fully saturated rings. The Morgan fingerprint density at radius 2 is 2.20 bits per heavy atom. The quantitative estimate of drug-likeness (QED) is 0.780. The zero-order valence-corrected chi connectivity index (χ0v) is 13.8. The molecule has 8 nitrogen and oxygen atoms in total. The third kappa shape index (κ3) is 2.95. The van der Waals surface area contributed by atoms with E-state index in [2.05, 4.69) is 49.9 Å². The van der Waals surface area contributed by atoms with Crippen molar-refractivity contribution in [2.75, 3.05) is 13.7 Å². The van der Waals surface area contributed by atoms with Crippen LogP contribution in [0.25, 0.3) is 0 Å². The minimum absolute atomic E-state index is 0.149. The summed E-state index contributed by atoms with van der Waals surface area (Å²) in [4.78, 5) is 23.3. The van der Waals surface area contributed by atoms with Crippen LogP contribution in [-0.2, 0) is 17.7 Å². The molecule has 130 valence electrons. The molecule has 2 aliphatic carbocycles. The molecule has 0 spiro atoms. The zero-order chi connectivity index (χ0) is 17.4. The molecule has 2 N–H and O–H groups in total. The number of carbonyl (C=O) groups is 2. The van der Waals surface area contributed by atoms with Crippen LogP contribution in [0.4, 0.5) is 4.79 Å². The van der Waals surface area contributed by atoms with Gasteiger partial charge in [-0.05, 0) is 23.5 Å². The molecule has 0 bridgehead atoms. The normalized spacial score (nSPS) is 22.7. The molecule has 1 aromatic carbocycles. The molecule has 2 amide bonds. The van der Waals surface area contributed by atoms with Gasteiger partial charge in [0.05, 0.1) is 19.9 Å². The van der Waals surface area contributed by atoms with Gasteiger partial charge in [0.1, 0.15) is 0 Å². The van der Waals surface area contributed by atoms with Crippen molar-refractivity contribution in [3.63, 3.8) is 0 Å². The summed E-state index contributed by atoms with van der Waals surface area (Å²) in [6, 6.07) is 8.49. The average Bonchev–Trinajstić information content (AvgIpc) is 3.00. The van der Waals surface area contributed by atoms with Gasteiger partial charge in [-0.15, -0.1) is 5.10 Å². The highest BCUT2D eigenvalue weighted by Gasteiger charge is 2.56. The molecule has 1 aromatic heterocycles. The van der Waals surface area contributed by atoms with Crippen molar-refractivity contribution in [1.29, 1.82) is 0 Å². The molecule has 2 aromatic rings. The van der Waals surface area contributed by atoms with Gasteiger partial charge in [-0.25, -0.2) is 14.3 Å². The second-order valence-electron chi connectivity index (χ2n) is 6.38. The number of fused-ring (bicyclic) bond motifs is 3. The number of aromatic nitrogens is 3. The van der Waals surface area contributed by atoms with Crippen LogP contribution in [0.1, 0.15) is 27.5 Å². The van der Waals surface area contributed by atoms with Crippen LogP contribution >= 0.6 is 0 Å². The summed E-state index contributed by atoms with van der Waals surface area (Å²) < 4.78 is 6.06. The number of hydrogen-bond donors (Lipinski definition) is 2. The molecule has 4 rings (SSSR count). The van der Waals surface area contributed by atoms with Crippen molar-refractivity contribution in [3.8, 4) is 0 Å². The first-order chi connectivity index (χ1) is 12.2. The van der Waals surface area contributed by atoms with Crippen LogP contribution < -0.4 is 10.6 Å². The maximum absolute atomic E-state index is 12.0. The smallest absolute Gasteiger partial charge is 0.360 e. The van der Waals surface area contributed by atoms with Gasteiger partial charge < -0.3 is 15.4 Å². The fraction of sp³-hybridized carbons (Fsp3) is 0.412. The zero-order valence-electron chi connectivity index (χ0n) is 13.8. The third-order valence-electron chi connectivity index (χ3n) is 4.90. The number of carbonyl (C=O) groups excluding carboxylic acids is 2. The maximum atomic E-state index is 12.0. The van der Waals surface area contributed by atoms with E-state index < -0.39 is 5.97 Å². The van der Waals surface area contributed by atoms with Crippen LogP contribution in [0.3, 0.4) is 0 Å². The topological polar surface area (TPSA) is 98.1 Å². The van der Waals surface area contributed by atoms with Gasteiger partial charge in [0, 0.05) is 18.5 Å². The molecule has 1 saturated carbocycles. The number of ether oxygens (including phenoxy) is 1. The molecule has 0 aliphatic heterocycles. The largest absolute Gasteiger partial charge is 0.464 e. The van der Waals surface area contributed by atoms with E-state index in [4.69, 9.17) is 0 Å². The van der Waals surface area contributed by atoms with E-state index in [0.717, 1.165) is 6.42 Å². The van der Waals surface area contributed by atoms with Gasteiger partial charge in [-0.3, -0.25) is 0 Å². The van der Waals surface area contributed by atoms with Crippen molar-refractivity contribution in [2.45, 2.75) is 24.9 Å². The molecule has 1 heterocycles. The summed E-state index contributed by atoms with van der Waals surface area (Å²) in [7, 11) is 1.29. The molecule has 0 radical (unpaired) electrons. The molecule has 0 saturated heterocycles. The molecular weight excluding hydrogens is 322 g/mol. The standard InChI is InChI=1S/C17H19N5O3/c1-25-16(23)13-9-22(21-20-13)7-6-18-17(24)19-15-12-8-10-4-2-3-5-11(10)14(12)15/h2-5,9,12,14-15H,6-8H2,1H3,(H2,18,19,24). The van der Waals surface area contributed by atoms with E-state index in [-0.39, 0.29) is 17.8 Å². The number of esters is 1. The predicted molar refractivity (Wildman–Crippen MR) is 88.1 cm³/mol. The summed E-state index contributed by atoms with van der Waals surface area (Å²) in [6.07, 6.45) is 2.54. The number of methoxy groups -OCH3 is 1. The molecular formula is C17H19N5O3. The van der Waals surface area contributed by atoms with Gasteiger partial charge >= 0.3 is 12.0 Å². The highest BCUT2D eigenvalue weighted by atomic mass is 16.5. The predicted octanol–water partition coefficient (Wildman–Crippen LogP) is 0.702. The first kappa shape index (κ1) is 15.6. The van der Waals surface area contributed by atoms with E-state index in [1.165, 1.54) is 29.1 Å². The lowest BCUT2D eigenvalue weighted by Gasteiger charge is -2.10. The summed E-state index contributed by atoms with van der Waals surface area (Å²) in [5, 5.41) is 13.4. The fourth-order valence-corrected chi connectivity index (χ4v) is 3.64. The Bertz CT molecular complexity index is 818.